The maximum absolute atomic E-state index is 14.0. The second kappa shape index (κ2) is 14.8. The Kier molecular flexibility index (Phi) is 10.6. The quantitative estimate of drug-likeness (QED) is 0.108. The van der Waals surface area contributed by atoms with Gasteiger partial charge >= 0.3 is 13.8 Å². The summed E-state index contributed by atoms with van der Waals surface area (Å²) in [5, 5.41) is 18.0. The molecule has 12 heteroatoms. The summed E-state index contributed by atoms with van der Waals surface area (Å²) in [5.74, 6) is -0.908. The fourth-order valence-corrected chi connectivity index (χ4v) is 6.57. The number of carbonyl (C=O) groups is 1. The van der Waals surface area contributed by atoms with Gasteiger partial charge in [-0.2, -0.15) is 22.7 Å². The van der Waals surface area contributed by atoms with E-state index in [0.717, 1.165) is 22.3 Å². The van der Waals surface area contributed by atoms with E-state index in [-0.39, 0.29) is 37.9 Å². The highest BCUT2D eigenvalue weighted by Crippen LogP contribution is 2.53. The molecule has 4 aromatic rings. The van der Waals surface area contributed by atoms with Crippen molar-refractivity contribution in [1.29, 1.82) is 0 Å². The third-order valence-corrected chi connectivity index (χ3v) is 8.97. The van der Waals surface area contributed by atoms with Gasteiger partial charge in [0.25, 0.3) is 0 Å². The Balaban J connectivity index is 1.38. The summed E-state index contributed by atoms with van der Waals surface area (Å²) in [4.78, 5) is 13.0. The number of phosphoric ester groups is 1. The second-order valence-corrected chi connectivity index (χ2v) is 12.3. The van der Waals surface area contributed by atoms with Gasteiger partial charge in [-0.3, -0.25) is 13.6 Å². The van der Waals surface area contributed by atoms with E-state index in [9.17, 15) is 14.5 Å². The van der Waals surface area contributed by atoms with Crippen LogP contribution in [0.2, 0.25) is 0 Å². The minimum Gasteiger partial charge on any atom is -0.485 e. The fraction of sp³-hybridized carbons (Fsp3) is 0.233. The van der Waals surface area contributed by atoms with E-state index in [1.165, 1.54) is 22.7 Å². The van der Waals surface area contributed by atoms with Crippen molar-refractivity contribution in [3.05, 3.63) is 128 Å². The number of rotatable bonds is 16. The highest BCUT2D eigenvalue weighted by atomic mass is 32.1. The first-order valence-corrected chi connectivity index (χ1v) is 16.4. The van der Waals surface area contributed by atoms with Gasteiger partial charge in [0.2, 0.25) is 5.76 Å². The lowest BCUT2D eigenvalue weighted by atomic mass is 10.2. The standard InChI is InChI=1S/C30H29O9PS2/c31-15-26(39-40(33,36-18-22-7-3-1-4-8-22)37-19-23-9-5-2-6-10-23)27-28(34-16-24-11-13-41-20-24)29(30(32)38-27)35-17-25-12-14-42-21-25/h1-14,20-21,26-27,31H,15-19H2. The highest BCUT2D eigenvalue weighted by molar-refractivity contribution is 7.48. The summed E-state index contributed by atoms with van der Waals surface area (Å²) >= 11 is 3.00. The average Bonchev–Trinajstić information content (AvgIpc) is 3.80. The van der Waals surface area contributed by atoms with Crippen LogP contribution in [-0.4, -0.2) is 29.9 Å². The molecule has 0 saturated heterocycles. The monoisotopic (exact) mass is 628 g/mol. The molecule has 2 aromatic carbocycles. The van der Waals surface area contributed by atoms with Crippen molar-refractivity contribution >= 4 is 36.5 Å². The van der Waals surface area contributed by atoms with Crippen LogP contribution in [0.4, 0.5) is 0 Å². The molecule has 0 amide bonds. The van der Waals surface area contributed by atoms with Crippen LogP contribution in [-0.2, 0) is 63.6 Å². The summed E-state index contributed by atoms with van der Waals surface area (Å²) in [6.07, 6.45) is -2.63. The molecule has 220 valence electrons. The van der Waals surface area contributed by atoms with E-state index < -0.39 is 32.6 Å². The largest absolute Gasteiger partial charge is 0.485 e. The van der Waals surface area contributed by atoms with E-state index in [4.69, 9.17) is 27.8 Å². The SMILES string of the molecule is O=C1OC(C(CO)OP(=O)(OCc2ccccc2)OCc2ccccc2)C(OCc2ccsc2)=C1OCc1ccsc1. The van der Waals surface area contributed by atoms with Crippen molar-refractivity contribution in [2.75, 3.05) is 6.61 Å². The number of esters is 1. The lowest BCUT2D eigenvalue weighted by molar-refractivity contribution is -0.148. The van der Waals surface area contributed by atoms with Gasteiger partial charge in [-0.25, -0.2) is 9.36 Å². The zero-order valence-electron chi connectivity index (χ0n) is 22.4. The van der Waals surface area contributed by atoms with Crippen molar-refractivity contribution in [3.63, 3.8) is 0 Å². The first kappa shape index (κ1) is 30.2. The maximum Gasteiger partial charge on any atom is 0.475 e. The Morgan fingerprint density at radius 1 is 0.762 bits per heavy atom. The smallest absolute Gasteiger partial charge is 0.475 e. The number of thiophene rings is 2. The Hall–Kier alpha value is -3.28. The molecule has 2 unspecified atom stereocenters. The van der Waals surface area contributed by atoms with Crippen molar-refractivity contribution in [1.82, 2.24) is 0 Å². The average molecular weight is 629 g/mol. The first-order chi connectivity index (χ1) is 20.5. The van der Waals surface area contributed by atoms with Crippen molar-refractivity contribution in [2.45, 2.75) is 38.6 Å². The summed E-state index contributed by atoms with van der Waals surface area (Å²) in [6, 6.07) is 22.0. The molecule has 0 radical (unpaired) electrons. The topological polar surface area (TPSA) is 110 Å². The minimum absolute atomic E-state index is 0.0261. The molecular formula is C30H29O9PS2. The summed E-state index contributed by atoms with van der Waals surface area (Å²) in [6.45, 7) is -0.629. The number of carbonyl (C=O) groups excluding carboxylic acids is 1. The number of aliphatic hydroxyl groups is 1. The van der Waals surface area contributed by atoms with Crippen LogP contribution in [0.25, 0.3) is 0 Å². The van der Waals surface area contributed by atoms with Gasteiger partial charge in [-0.1, -0.05) is 60.7 Å². The normalized spacial score (nSPS) is 15.9. The molecule has 42 heavy (non-hydrogen) atoms. The zero-order chi connectivity index (χ0) is 29.2. The van der Waals surface area contributed by atoms with Crippen molar-refractivity contribution in [2.24, 2.45) is 0 Å². The fourth-order valence-electron chi connectivity index (χ4n) is 3.94. The molecule has 3 heterocycles. The van der Waals surface area contributed by atoms with Crippen LogP contribution < -0.4 is 0 Å². The number of ether oxygens (including phenoxy) is 3. The van der Waals surface area contributed by atoms with Gasteiger partial charge < -0.3 is 19.3 Å². The zero-order valence-corrected chi connectivity index (χ0v) is 24.9. The van der Waals surface area contributed by atoms with Gasteiger partial charge in [0.15, 0.2) is 11.9 Å². The molecule has 0 aliphatic carbocycles. The van der Waals surface area contributed by atoms with E-state index in [0.29, 0.717) is 0 Å². The summed E-state index contributed by atoms with van der Waals surface area (Å²) in [5.41, 5.74) is 3.21. The van der Waals surface area contributed by atoms with Crippen LogP contribution in [0.5, 0.6) is 0 Å². The number of cyclic esters (lactones) is 1. The van der Waals surface area contributed by atoms with E-state index in [1.54, 1.807) is 24.3 Å². The van der Waals surface area contributed by atoms with E-state index in [1.807, 2.05) is 70.1 Å². The first-order valence-electron chi connectivity index (χ1n) is 13.0. The molecule has 1 aliphatic heterocycles. The third kappa shape index (κ3) is 8.17. The van der Waals surface area contributed by atoms with Crippen LogP contribution >= 0.6 is 30.5 Å². The molecule has 0 fully saturated rings. The molecule has 1 N–H and O–H groups in total. The Morgan fingerprint density at radius 2 is 1.31 bits per heavy atom. The Morgan fingerprint density at radius 3 is 1.81 bits per heavy atom. The van der Waals surface area contributed by atoms with Gasteiger partial charge in [0.1, 0.15) is 19.3 Å². The van der Waals surface area contributed by atoms with Crippen LogP contribution in [0.15, 0.2) is 106 Å². The molecule has 2 atom stereocenters. The highest BCUT2D eigenvalue weighted by Gasteiger charge is 2.46. The summed E-state index contributed by atoms with van der Waals surface area (Å²) in [7, 11) is -4.33. The number of aliphatic hydroxyl groups excluding tert-OH is 1. The lowest BCUT2D eigenvalue weighted by Crippen LogP contribution is -2.35. The maximum atomic E-state index is 14.0. The Bertz CT molecular complexity index is 1430. The third-order valence-electron chi connectivity index (χ3n) is 6.09. The lowest BCUT2D eigenvalue weighted by Gasteiger charge is -2.27. The number of benzene rings is 2. The molecule has 0 bridgehead atoms. The number of phosphoric acid groups is 1. The number of hydrogen-bond donors (Lipinski definition) is 1. The molecule has 1 aliphatic rings. The predicted octanol–water partition coefficient (Wildman–Crippen LogP) is 6.60. The van der Waals surface area contributed by atoms with Crippen molar-refractivity contribution < 1.29 is 42.2 Å². The van der Waals surface area contributed by atoms with Gasteiger partial charge in [-0.15, -0.1) is 0 Å². The van der Waals surface area contributed by atoms with E-state index in [2.05, 4.69) is 0 Å². The van der Waals surface area contributed by atoms with Crippen LogP contribution in [0, 0.1) is 0 Å². The molecule has 9 nitrogen and oxygen atoms in total. The predicted molar refractivity (Wildman–Crippen MR) is 157 cm³/mol. The molecule has 0 spiro atoms. The molecular weight excluding hydrogens is 599 g/mol. The number of hydrogen-bond acceptors (Lipinski definition) is 11. The minimum atomic E-state index is -4.33. The van der Waals surface area contributed by atoms with Crippen LogP contribution in [0.3, 0.4) is 0 Å². The molecule has 5 rings (SSSR count). The van der Waals surface area contributed by atoms with Gasteiger partial charge in [-0.05, 0) is 55.9 Å². The van der Waals surface area contributed by atoms with Crippen molar-refractivity contribution in [3.8, 4) is 0 Å². The van der Waals surface area contributed by atoms with Gasteiger partial charge in [0, 0.05) is 0 Å². The summed E-state index contributed by atoms with van der Waals surface area (Å²) < 4.78 is 48.7. The van der Waals surface area contributed by atoms with Gasteiger partial charge in [0.05, 0.1) is 19.8 Å². The molecule has 0 saturated carbocycles. The van der Waals surface area contributed by atoms with E-state index >= 15 is 0 Å². The molecule has 2 aromatic heterocycles. The Labute approximate surface area is 251 Å². The second-order valence-electron chi connectivity index (χ2n) is 9.15. The van der Waals surface area contributed by atoms with Crippen LogP contribution in [0.1, 0.15) is 22.3 Å².